The summed E-state index contributed by atoms with van der Waals surface area (Å²) in [6.45, 7) is 1.80. The van der Waals surface area contributed by atoms with Crippen molar-refractivity contribution >= 4 is 43.5 Å². The van der Waals surface area contributed by atoms with Gasteiger partial charge in [-0.2, -0.15) is 9.25 Å². The molecule has 11 heteroatoms. The number of nitrogens with zero attached hydrogens (tertiary/aromatic N) is 2. The van der Waals surface area contributed by atoms with Gasteiger partial charge in [0.2, 0.25) is 0 Å². The van der Waals surface area contributed by atoms with E-state index in [0.29, 0.717) is 0 Å². The van der Waals surface area contributed by atoms with Gasteiger partial charge in [0.1, 0.15) is 0 Å². The molecule has 8 nitrogen and oxygen atoms in total. The highest BCUT2D eigenvalue weighted by atomic mass is 32.2. The summed E-state index contributed by atoms with van der Waals surface area (Å²) in [6, 6.07) is 0. The number of hydroxylamine groups is 2. The lowest BCUT2D eigenvalue weighted by Gasteiger charge is -2.35. The van der Waals surface area contributed by atoms with E-state index in [2.05, 4.69) is 0 Å². The van der Waals surface area contributed by atoms with Crippen LogP contribution in [0.25, 0.3) is 0 Å². The Kier molecular flexibility index (Phi) is 13.3. The van der Waals surface area contributed by atoms with E-state index < -0.39 is 7.82 Å². The van der Waals surface area contributed by atoms with Gasteiger partial charge in [0.25, 0.3) is 11.8 Å². The van der Waals surface area contributed by atoms with Crippen LogP contribution >= 0.6 is 31.7 Å². The van der Waals surface area contributed by atoms with Crippen molar-refractivity contribution in [3.05, 3.63) is 0 Å². The topological polar surface area (TPSA) is 85.4 Å². The van der Waals surface area contributed by atoms with Gasteiger partial charge in [-0.05, 0) is 82.2 Å². The van der Waals surface area contributed by atoms with Crippen LogP contribution in [0.2, 0.25) is 0 Å². The van der Waals surface area contributed by atoms with E-state index in [4.69, 9.17) is 13.8 Å². The zero-order valence-corrected chi connectivity index (χ0v) is 26.3. The molecule has 0 unspecified atom stereocenters. The van der Waals surface area contributed by atoms with Crippen molar-refractivity contribution < 1.29 is 27.9 Å². The maximum Gasteiger partial charge on any atom is 0.519 e. The highest BCUT2D eigenvalue weighted by Gasteiger charge is 2.42. The largest absolute Gasteiger partial charge is 0.519 e. The van der Waals surface area contributed by atoms with Gasteiger partial charge in [0.05, 0.1) is 6.61 Å². The van der Waals surface area contributed by atoms with Crippen molar-refractivity contribution in [2.45, 2.75) is 146 Å². The van der Waals surface area contributed by atoms with Crippen molar-refractivity contribution in [3.8, 4) is 0 Å². The van der Waals surface area contributed by atoms with Crippen LogP contribution < -0.4 is 0 Å². The summed E-state index contributed by atoms with van der Waals surface area (Å²) in [7, 11) is -4.31. The van der Waals surface area contributed by atoms with Crippen LogP contribution in [0.1, 0.15) is 135 Å². The van der Waals surface area contributed by atoms with E-state index in [-0.39, 0.29) is 40.8 Å². The molecule has 0 aromatic heterocycles. The van der Waals surface area contributed by atoms with Gasteiger partial charge in [-0.25, -0.2) is 4.57 Å². The van der Waals surface area contributed by atoms with E-state index in [1.54, 1.807) is 6.92 Å². The van der Waals surface area contributed by atoms with Gasteiger partial charge in [0.15, 0.2) is 0 Å². The summed E-state index contributed by atoms with van der Waals surface area (Å²) < 4.78 is 34.3. The quantitative estimate of drug-likeness (QED) is 0.124. The average Bonchev–Trinajstić information content (AvgIpc) is 2.98. The lowest BCUT2D eigenvalue weighted by molar-refractivity contribution is -0.158. The fraction of sp³-hybridized carbons (Fsp3) is 0.929. The van der Waals surface area contributed by atoms with Gasteiger partial charge in [-0.3, -0.25) is 14.1 Å². The van der Waals surface area contributed by atoms with E-state index in [1.807, 2.05) is 0 Å². The molecule has 4 fully saturated rings. The van der Waals surface area contributed by atoms with Crippen molar-refractivity contribution in [1.29, 1.82) is 0 Å². The fourth-order valence-corrected chi connectivity index (χ4v) is 10.1. The second-order valence-electron chi connectivity index (χ2n) is 11.6. The van der Waals surface area contributed by atoms with Crippen LogP contribution in [0.4, 0.5) is 0 Å². The minimum atomic E-state index is -4.31. The standard InChI is InChI=1S/C28H49N2O6PS2/c1-2-34-37(33,35-29(38-25-19-11-5-12-20-25)27(31)23-15-7-3-8-16-23)36-30(39-26-21-13-6-14-22-26)28(32)24-17-9-4-10-18-24/h23-26H,2-22H2,1H3. The Morgan fingerprint density at radius 3 is 1.28 bits per heavy atom. The molecule has 4 rings (SSSR count). The zero-order valence-electron chi connectivity index (χ0n) is 23.8. The van der Waals surface area contributed by atoms with E-state index in [9.17, 15) is 14.2 Å². The average molecular weight is 605 g/mol. The van der Waals surface area contributed by atoms with Gasteiger partial charge in [-0.1, -0.05) is 77.0 Å². The summed E-state index contributed by atoms with van der Waals surface area (Å²) in [5.41, 5.74) is 0. The Bertz CT molecular complexity index is 752. The molecular formula is C28H49N2O6PS2. The molecule has 0 N–H and O–H groups in total. The summed E-state index contributed by atoms with van der Waals surface area (Å²) in [6.07, 6.45) is 20.4. The highest BCUT2D eigenvalue weighted by molar-refractivity contribution is 7.98. The summed E-state index contributed by atoms with van der Waals surface area (Å²) >= 11 is 2.68. The molecule has 0 atom stereocenters. The monoisotopic (exact) mass is 604 g/mol. The lowest BCUT2D eigenvalue weighted by atomic mass is 9.89. The van der Waals surface area contributed by atoms with Crippen molar-refractivity contribution in [2.24, 2.45) is 11.8 Å². The molecule has 0 spiro atoms. The number of hydrogen-bond acceptors (Lipinski definition) is 8. The molecule has 4 aliphatic rings. The second-order valence-corrected chi connectivity index (χ2v) is 15.5. The highest BCUT2D eigenvalue weighted by Crippen LogP contribution is 2.55. The normalized spacial score (nSPS) is 23.0. The third-order valence-electron chi connectivity index (χ3n) is 8.50. The number of phosphoric acid groups is 1. The SMILES string of the molecule is CCOP(=O)(ON(SC1CCCCC1)C(=O)C1CCCCC1)ON(SC1CCCCC1)C(=O)C1CCCCC1. The minimum Gasteiger partial charge on any atom is -0.285 e. The molecule has 0 aliphatic heterocycles. The van der Waals surface area contributed by atoms with Crippen LogP contribution in [-0.4, -0.2) is 37.9 Å². The third-order valence-corrected chi connectivity index (χ3v) is 12.5. The second kappa shape index (κ2) is 16.4. The predicted octanol–water partition coefficient (Wildman–Crippen LogP) is 8.77. The molecule has 0 aromatic carbocycles. The van der Waals surface area contributed by atoms with Crippen LogP contribution in [-0.2, 0) is 27.9 Å². The summed E-state index contributed by atoms with van der Waals surface area (Å²) in [4.78, 5) is 27.4. The third kappa shape index (κ3) is 9.92. The number of carbonyl (C=O) groups excluding carboxylic acids is 2. The first kappa shape index (κ1) is 31.7. The number of hydrogen-bond donors (Lipinski definition) is 0. The van der Waals surface area contributed by atoms with E-state index in [0.717, 1.165) is 116 Å². The molecule has 0 aromatic rings. The summed E-state index contributed by atoms with van der Waals surface area (Å²) in [5, 5.41) is 0.441. The predicted molar refractivity (Wildman–Crippen MR) is 157 cm³/mol. The van der Waals surface area contributed by atoms with Crippen LogP contribution in [0.5, 0.6) is 0 Å². The Morgan fingerprint density at radius 2 is 0.949 bits per heavy atom. The van der Waals surface area contributed by atoms with Gasteiger partial charge >= 0.3 is 7.82 Å². The fourth-order valence-electron chi connectivity index (χ4n) is 6.23. The lowest BCUT2D eigenvalue weighted by Crippen LogP contribution is -2.37. The number of rotatable bonds is 12. The van der Waals surface area contributed by atoms with E-state index in [1.165, 1.54) is 45.7 Å². The van der Waals surface area contributed by atoms with Crippen molar-refractivity contribution in [1.82, 2.24) is 8.94 Å². The van der Waals surface area contributed by atoms with Gasteiger partial charge in [0, 0.05) is 22.3 Å². The molecule has 0 saturated heterocycles. The maximum absolute atomic E-state index is 14.2. The first-order valence-corrected chi connectivity index (χ1v) is 18.8. The number of carbonyl (C=O) groups is 2. The smallest absolute Gasteiger partial charge is 0.285 e. The van der Waals surface area contributed by atoms with Gasteiger partial charge < -0.3 is 0 Å². The van der Waals surface area contributed by atoms with Crippen molar-refractivity contribution in [2.75, 3.05) is 6.61 Å². The molecule has 4 aliphatic carbocycles. The van der Waals surface area contributed by atoms with Crippen molar-refractivity contribution in [3.63, 3.8) is 0 Å². The van der Waals surface area contributed by atoms with Crippen LogP contribution in [0, 0.1) is 11.8 Å². The molecule has 2 amide bonds. The molecule has 0 radical (unpaired) electrons. The van der Waals surface area contributed by atoms with Crippen LogP contribution in [0.3, 0.4) is 0 Å². The number of amides is 2. The summed E-state index contributed by atoms with van der Waals surface area (Å²) in [5.74, 6) is -0.610. The first-order chi connectivity index (χ1) is 19.0. The first-order valence-electron chi connectivity index (χ1n) is 15.6. The minimum absolute atomic E-state index is 0.0797. The zero-order chi connectivity index (χ0) is 27.5. The Morgan fingerprint density at radius 1 is 0.615 bits per heavy atom. The maximum atomic E-state index is 14.2. The molecule has 224 valence electrons. The Balaban J connectivity index is 1.53. The molecule has 4 saturated carbocycles. The molecule has 39 heavy (non-hydrogen) atoms. The van der Waals surface area contributed by atoms with Crippen LogP contribution in [0.15, 0.2) is 0 Å². The van der Waals surface area contributed by atoms with Gasteiger partial charge in [-0.15, -0.1) is 8.94 Å². The Labute approximate surface area is 244 Å². The molecular weight excluding hydrogens is 555 g/mol. The van der Waals surface area contributed by atoms with E-state index >= 15 is 0 Å². The molecule has 0 heterocycles. The Hall–Kier alpha value is -0.250. The molecule has 0 bridgehead atoms.